The second kappa shape index (κ2) is 5.53. The molecule has 2 aromatic rings. The van der Waals surface area contributed by atoms with Crippen molar-refractivity contribution in [3.63, 3.8) is 0 Å². The Bertz CT molecular complexity index is 489. The van der Waals surface area contributed by atoms with Gasteiger partial charge in [-0.25, -0.2) is 4.68 Å². The van der Waals surface area contributed by atoms with Crippen LogP contribution < -0.4 is 10.6 Å². The molecule has 1 aromatic heterocycles. The van der Waals surface area contributed by atoms with Crippen molar-refractivity contribution in [3.8, 4) is 0 Å². The molecule has 0 spiro atoms. The zero-order chi connectivity index (χ0) is 13.0. The highest BCUT2D eigenvalue weighted by Crippen LogP contribution is 2.10. The highest BCUT2D eigenvalue weighted by atomic mass is 15.4. The van der Waals surface area contributed by atoms with E-state index in [0.29, 0.717) is 11.9 Å². The van der Waals surface area contributed by atoms with E-state index in [0.717, 1.165) is 19.4 Å². The summed E-state index contributed by atoms with van der Waals surface area (Å²) < 4.78 is 1.76. The van der Waals surface area contributed by atoms with Gasteiger partial charge in [0.1, 0.15) is 0 Å². The molecule has 18 heavy (non-hydrogen) atoms. The van der Waals surface area contributed by atoms with Crippen LogP contribution in [0.4, 0.5) is 11.9 Å². The third-order valence-corrected chi connectivity index (χ3v) is 2.77. The molecule has 0 atom stereocenters. The molecule has 0 aliphatic rings. The van der Waals surface area contributed by atoms with E-state index in [1.807, 2.05) is 25.1 Å². The molecule has 2 rings (SSSR count). The highest BCUT2D eigenvalue weighted by molar-refractivity contribution is 5.32. The molecule has 1 heterocycles. The zero-order valence-electron chi connectivity index (χ0n) is 10.9. The second-order valence-electron chi connectivity index (χ2n) is 4.48. The molecular formula is C13H19N5. The monoisotopic (exact) mass is 245 g/mol. The number of nitrogens with zero attached hydrogens (tertiary/aromatic N) is 4. The van der Waals surface area contributed by atoms with Crippen LogP contribution in [-0.4, -0.2) is 28.9 Å². The fraction of sp³-hybridized carbons (Fsp3) is 0.385. The number of benzene rings is 1. The fourth-order valence-electron chi connectivity index (χ4n) is 1.77. The van der Waals surface area contributed by atoms with Crippen LogP contribution in [0.5, 0.6) is 0 Å². The standard InChI is InChI=1S/C13H19N5/c1-17(2)13-15-12(14)18(16-13)10-6-9-11-7-4-3-5-8-11/h3-5,7-8H,6,9-10H2,1-2H3,(H2,14,15,16). The first-order chi connectivity index (χ1) is 8.66. The van der Waals surface area contributed by atoms with Crippen LogP contribution in [0.1, 0.15) is 12.0 Å². The average molecular weight is 245 g/mol. The van der Waals surface area contributed by atoms with Crippen molar-refractivity contribution in [1.29, 1.82) is 0 Å². The molecule has 0 radical (unpaired) electrons. The molecule has 0 fully saturated rings. The van der Waals surface area contributed by atoms with Crippen LogP contribution in [0.3, 0.4) is 0 Å². The molecule has 1 aromatic carbocycles. The number of hydrogen-bond donors (Lipinski definition) is 1. The maximum Gasteiger partial charge on any atom is 0.246 e. The number of anilines is 2. The van der Waals surface area contributed by atoms with Crippen LogP contribution in [-0.2, 0) is 13.0 Å². The lowest BCUT2D eigenvalue weighted by atomic mass is 10.1. The van der Waals surface area contributed by atoms with Crippen LogP contribution in [0, 0.1) is 0 Å². The SMILES string of the molecule is CN(C)c1nc(N)n(CCCc2ccccc2)n1. The largest absolute Gasteiger partial charge is 0.368 e. The van der Waals surface area contributed by atoms with Crippen LogP contribution in [0.25, 0.3) is 0 Å². The first kappa shape index (κ1) is 12.4. The third kappa shape index (κ3) is 3.00. The quantitative estimate of drug-likeness (QED) is 0.868. The first-order valence-electron chi connectivity index (χ1n) is 6.08. The normalized spacial score (nSPS) is 10.6. The number of nitrogens with two attached hydrogens (primary N) is 1. The number of aromatic nitrogens is 3. The van der Waals surface area contributed by atoms with Gasteiger partial charge in [-0.3, -0.25) is 0 Å². The maximum absolute atomic E-state index is 5.82. The molecule has 0 amide bonds. The lowest BCUT2D eigenvalue weighted by Crippen LogP contribution is -2.11. The van der Waals surface area contributed by atoms with Crippen molar-refractivity contribution in [2.24, 2.45) is 0 Å². The summed E-state index contributed by atoms with van der Waals surface area (Å²) >= 11 is 0. The van der Waals surface area contributed by atoms with Crippen LogP contribution in [0.15, 0.2) is 30.3 Å². The molecule has 96 valence electrons. The van der Waals surface area contributed by atoms with Crippen molar-refractivity contribution in [3.05, 3.63) is 35.9 Å². The van der Waals surface area contributed by atoms with Gasteiger partial charge in [0.2, 0.25) is 11.9 Å². The van der Waals surface area contributed by atoms with E-state index in [4.69, 9.17) is 5.73 Å². The Morgan fingerprint density at radius 2 is 1.94 bits per heavy atom. The minimum atomic E-state index is 0.478. The first-order valence-corrected chi connectivity index (χ1v) is 6.08. The molecule has 2 N–H and O–H groups in total. The predicted molar refractivity (Wildman–Crippen MR) is 73.5 cm³/mol. The third-order valence-electron chi connectivity index (χ3n) is 2.77. The van der Waals surface area contributed by atoms with Crippen molar-refractivity contribution in [2.45, 2.75) is 19.4 Å². The molecule has 5 nitrogen and oxygen atoms in total. The summed E-state index contributed by atoms with van der Waals surface area (Å²) in [5, 5.41) is 4.35. The van der Waals surface area contributed by atoms with Gasteiger partial charge < -0.3 is 10.6 Å². The van der Waals surface area contributed by atoms with E-state index >= 15 is 0 Å². The van der Waals surface area contributed by atoms with Gasteiger partial charge in [0.25, 0.3) is 0 Å². The lowest BCUT2D eigenvalue weighted by molar-refractivity contribution is 0.585. The van der Waals surface area contributed by atoms with Crippen molar-refractivity contribution in [2.75, 3.05) is 24.7 Å². The van der Waals surface area contributed by atoms with Gasteiger partial charge >= 0.3 is 0 Å². The Labute approximate surface area is 107 Å². The van der Waals surface area contributed by atoms with Crippen molar-refractivity contribution >= 4 is 11.9 Å². The molecular weight excluding hydrogens is 226 g/mol. The lowest BCUT2D eigenvalue weighted by Gasteiger charge is -2.05. The molecule has 0 unspecified atom stereocenters. The second-order valence-corrected chi connectivity index (χ2v) is 4.48. The summed E-state index contributed by atoms with van der Waals surface area (Å²) in [5.41, 5.74) is 7.16. The van der Waals surface area contributed by atoms with Gasteiger partial charge in [-0.1, -0.05) is 30.3 Å². The molecule has 0 aliphatic heterocycles. The Morgan fingerprint density at radius 1 is 1.22 bits per heavy atom. The maximum atomic E-state index is 5.82. The zero-order valence-corrected chi connectivity index (χ0v) is 10.9. The van der Waals surface area contributed by atoms with Crippen molar-refractivity contribution in [1.82, 2.24) is 14.8 Å². The smallest absolute Gasteiger partial charge is 0.246 e. The summed E-state index contributed by atoms with van der Waals surface area (Å²) in [6.07, 6.45) is 2.03. The Balaban J connectivity index is 1.90. The van der Waals surface area contributed by atoms with Crippen molar-refractivity contribution < 1.29 is 0 Å². The molecule has 0 aliphatic carbocycles. The van der Waals surface area contributed by atoms with Gasteiger partial charge in [0, 0.05) is 20.6 Å². The van der Waals surface area contributed by atoms with E-state index in [-0.39, 0.29) is 0 Å². The summed E-state index contributed by atoms with van der Waals surface area (Å²) in [5.74, 6) is 1.14. The average Bonchev–Trinajstić information content (AvgIpc) is 2.73. The minimum Gasteiger partial charge on any atom is -0.368 e. The van der Waals surface area contributed by atoms with E-state index < -0.39 is 0 Å². The van der Waals surface area contributed by atoms with E-state index in [2.05, 4.69) is 34.3 Å². The van der Waals surface area contributed by atoms with Gasteiger partial charge in [-0.2, -0.15) is 4.98 Å². The Hall–Kier alpha value is -2.04. The van der Waals surface area contributed by atoms with E-state index in [1.165, 1.54) is 5.56 Å². The number of nitrogen functional groups attached to an aromatic ring is 1. The fourth-order valence-corrected chi connectivity index (χ4v) is 1.77. The highest BCUT2D eigenvalue weighted by Gasteiger charge is 2.07. The summed E-state index contributed by atoms with van der Waals surface area (Å²) in [4.78, 5) is 6.04. The van der Waals surface area contributed by atoms with Crippen LogP contribution in [0.2, 0.25) is 0 Å². The Kier molecular flexibility index (Phi) is 3.82. The van der Waals surface area contributed by atoms with Gasteiger partial charge in [0.15, 0.2) is 0 Å². The molecule has 5 heteroatoms. The molecule has 0 saturated carbocycles. The minimum absolute atomic E-state index is 0.478. The topological polar surface area (TPSA) is 60.0 Å². The summed E-state index contributed by atoms with van der Waals surface area (Å²) in [6, 6.07) is 10.4. The molecule has 0 saturated heterocycles. The van der Waals surface area contributed by atoms with E-state index in [1.54, 1.807) is 4.68 Å². The van der Waals surface area contributed by atoms with Gasteiger partial charge in [0.05, 0.1) is 0 Å². The van der Waals surface area contributed by atoms with Gasteiger partial charge in [-0.15, -0.1) is 5.10 Å². The Morgan fingerprint density at radius 3 is 2.56 bits per heavy atom. The molecule has 0 bridgehead atoms. The summed E-state index contributed by atoms with van der Waals surface area (Å²) in [6.45, 7) is 0.793. The summed E-state index contributed by atoms with van der Waals surface area (Å²) in [7, 11) is 3.81. The number of rotatable bonds is 5. The number of aryl methyl sites for hydroxylation is 2. The van der Waals surface area contributed by atoms with Gasteiger partial charge in [-0.05, 0) is 18.4 Å². The van der Waals surface area contributed by atoms with E-state index in [9.17, 15) is 0 Å². The predicted octanol–water partition coefficient (Wildman–Crippen LogP) is 1.56. The van der Waals surface area contributed by atoms with Crippen LogP contribution >= 0.6 is 0 Å². The number of hydrogen-bond acceptors (Lipinski definition) is 4.